The summed E-state index contributed by atoms with van der Waals surface area (Å²) in [6, 6.07) is 6.49. The molecule has 1 aromatic heterocycles. The highest BCUT2D eigenvalue weighted by Gasteiger charge is 2.02. The van der Waals surface area contributed by atoms with Crippen molar-refractivity contribution in [2.75, 3.05) is 5.73 Å². The van der Waals surface area contributed by atoms with E-state index in [1.54, 1.807) is 6.07 Å². The first-order chi connectivity index (χ1) is 7.24. The number of halogens is 1. The standard InChI is InChI=1S/C11H11FN2O/c12-9-3-1-2-8(6-9)4-5-11-14-7-10(13)15-11/h1-3,6-7H,4-5,13H2. The lowest BCUT2D eigenvalue weighted by atomic mass is 10.1. The zero-order valence-corrected chi connectivity index (χ0v) is 8.11. The molecule has 3 nitrogen and oxygen atoms in total. The SMILES string of the molecule is Nc1cnc(CCc2cccc(F)c2)o1. The normalized spacial score (nSPS) is 10.5. The number of anilines is 1. The Morgan fingerprint density at radius 1 is 1.33 bits per heavy atom. The Morgan fingerprint density at radius 3 is 2.87 bits per heavy atom. The Kier molecular flexibility index (Phi) is 2.67. The molecule has 2 N–H and O–H groups in total. The number of benzene rings is 1. The number of aromatic nitrogens is 1. The lowest BCUT2D eigenvalue weighted by molar-refractivity contribution is 0.509. The van der Waals surface area contributed by atoms with Gasteiger partial charge in [-0.05, 0) is 24.1 Å². The maximum atomic E-state index is 12.8. The van der Waals surface area contributed by atoms with E-state index in [9.17, 15) is 4.39 Å². The van der Waals surface area contributed by atoms with Gasteiger partial charge in [0.05, 0.1) is 6.20 Å². The zero-order chi connectivity index (χ0) is 10.7. The molecule has 0 bridgehead atoms. The summed E-state index contributed by atoms with van der Waals surface area (Å²) < 4.78 is 17.9. The number of nitrogens with zero attached hydrogens (tertiary/aromatic N) is 1. The van der Waals surface area contributed by atoms with Crippen LogP contribution in [-0.2, 0) is 12.8 Å². The Balaban J connectivity index is 1.99. The molecule has 1 aromatic carbocycles. The fraction of sp³-hybridized carbons (Fsp3) is 0.182. The molecular weight excluding hydrogens is 195 g/mol. The summed E-state index contributed by atoms with van der Waals surface area (Å²) in [4.78, 5) is 3.97. The number of nitrogens with two attached hydrogens (primary N) is 1. The van der Waals surface area contributed by atoms with Gasteiger partial charge in [0.1, 0.15) is 5.82 Å². The predicted octanol–water partition coefficient (Wildman–Crippen LogP) is 2.18. The molecular formula is C11H11FN2O. The molecule has 0 spiro atoms. The highest BCUT2D eigenvalue weighted by Crippen LogP contribution is 2.10. The molecule has 0 unspecified atom stereocenters. The molecule has 0 amide bonds. The van der Waals surface area contributed by atoms with E-state index in [2.05, 4.69) is 4.98 Å². The number of hydrogen-bond donors (Lipinski definition) is 1. The third kappa shape index (κ3) is 2.56. The fourth-order valence-corrected chi connectivity index (χ4v) is 1.38. The molecule has 0 fully saturated rings. The number of aryl methyl sites for hydroxylation is 2. The van der Waals surface area contributed by atoms with Gasteiger partial charge in [0.15, 0.2) is 5.89 Å². The van der Waals surface area contributed by atoms with Gasteiger partial charge in [-0.3, -0.25) is 0 Å². The highest BCUT2D eigenvalue weighted by atomic mass is 19.1. The molecule has 2 aromatic rings. The van der Waals surface area contributed by atoms with Crippen molar-refractivity contribution >= 4 is 5.88 Å². The molecule has 0 atom stereocenters. The van der Waals surface area contributed by atoms with E-state index in [0.29, 0.717) is 24.6 Å². The molecule has 0 aliphatic rings. The van der Waals surface area contributed by atoms with Crippen LogP contribution in [0.2, 0.25) is 0 Å². The van der Waals surface area contributed by atoms with E-state index in [-0.39, 0.29) is 5.82 Å². The minimum Gasteiger partial charge on any atom is -0.426 e. The van der Waals surface area contributed by atoms with Crippen LogP contribution in [0.5, 0.6) is 0 Å². The van der Waals surface area contributed by atoms with Gasteiger partial charge in [0.2, 0.25) is 5.88 Å². The summed E-state index contributed by atoms with van der Waals surface area (Å²) in [5.74, 6) is 0.667. The number of rotatable bonds is 3. The molecule has 1 heterocycles. The third-order valence-electron chi connectivity index (χ3n) is 2.09. The van der Waals surface area contributed by atoms with Crippen molar-refractivity contribution in [3.8, 4) is 0 Å². The number of nitrogen functional groups attached to an aromatic ring is 1. The van der Waals surface area contributed by atoms with E-state index >= 15 is 0 Å². The molecule has 0 saturated heterocycles. The van der Waals surface area contributed by atoms with Crippen molar-refractivity contribution in [3.05, 3.63) is 47.7 Å². The van der Waals surface area contributed by atoms with Crippen LogP contribution in [-0.4, -0.2) is 4.98 Å². The smallest absolute Gasteiger partial charge is 0.211 e. The van der Waals surface area contributed by atoms with Crippen LogP contribution in [0.3, 0.4) is 0 Å². The highest BCUT2D eigenvalue weighted by molar-refractivity contribution is 5.20. The van der Waals surface area contributed by atoms with Crippen molar-refractivity contribution in [2.24, 2.45) is 0 Å². The van der Waals surface area contributed by atoms with Gasteiger partial charge in [-0.1, -0.05) is 12.1 Å². The van der Waals surface area contributed by atoms with Crippen LogP contribution in [0.4, 0.5) is 10.3 Å². The average Bonchev–Trinajstić information content (AvgIpc) is 2.62. The van der Waals surface area contributed by atoms with Gasteiger partial charge >= 0.3 is 0 Å². The number of hydrogen-bond acceptors (Lipinski definition) is 3. The summed E-state index contributed by atoms with van der Waals surface area (Å²) in [7, 11) is 0. The van der Waals surface area contributed by atoms with E-state index in [0.717, 1.165) is 5.56 Å². The largest absolute Gasteiger partial charge is 0.426 e. The second kappa shape index (κ2) is 4.13. The maximum Gasteiger partial charge on any atom is 0.211 e. The Morgan fingerprint density at radius 2 is 2.20 bits per heavy atom. The topological polar surface area (TPSA) is 52.0 Å². The molecule has 15 heavy (non-hydrogen) atoms. The zero-order valence-electron chi connectivity index (χ0n) is 8.11. The predicted molar refractivity (Wildman–Crippen MR) is 54.7 cm³/mol. The summed E-state index contributed by atoms with van der Waals surface area (Å²) in [6.07, 6.45) is 2.79. The lowest BCUT2D eigenvalue weighted by Gasteiger charge is -1.98. The van der Waals surface area contributed by atoms with Gasteiger partial charge in [-0.2, -0.15) is 0 Å². The maximum absolute atomic E-state index is 12.8. The second-order valence-electron chi connectivity index (χ2n) is 3.29. The molecule has 4 heteroatoms. The van der Waals surface area contributed by atoms with Crippen molar-refractivity contribution in [2.45, 2.75) is 12.8 Å². The first-order valence-corrected chi connectivity index (χ1v) is 4.68. The third-order valence-corrected chi connectivity index (χ3v) is 2.09. The van der Waals surface area contributed by atoms with Crippen LogP contribution in [0.1, 0.15) is 11.5 Å². The van der Waals surface area contributed by atoms with Crippen LogP contribution >= 0.6 is 0 Å². The molecule has 0 radical (unpaired) electrons. The van der Waals surface area contributed by atoms with Crippen LogP contribution in [0.25, 0.3) is 0 Å². The summed E-state index contributed by atoms with van der Waals surface area (Å²) in [5, 5.41) is 0. The minimum absolute atomic E-state index is 0.223. The summed E-state index contributed by atoms with van der Waals surface area (Å²) in [6.45, 7) is 0. The van der Waals surface area contributed by atoms with Gasteiger partial charge in [0.25, 0.3) is 0 Å². The van der Waals surface area contributed by atoms with Gasteiger partial charge < -0.3 is 10.2 Å². The van der Waals surface area contributed by atoms with Crippen molar-refractivity contribution in [3.63, 3.8) is 0 Å². The molecule has 0 aliphatic carbocycles. The van der Waals surface area contributed by atoms with E-state index in [1.165, 1.54) is 18.3 Å². The van der Waals surface area contributed by atoms with Gasteiger partial charge in [0, 0.05) is 6.42 Å². The Bertz CT molecular complexity index is 453. The van der Waals surface area contributed by atoms with Crippen molar-refractivity contribution in [1.82, 2.24) is 4.98 Å². The van der Waals surface area contributed by atoms with Crippen LogP contribution in [0, 0.1) is 5.82 Å². The van der Waals surface area contributed by atoms with Crippen LogP contribution < -0.4 is 5.73 Å². The van der Waals surface area contributed by atoms with Crippen molar-refractivity contribution in [1.29, 1.82) is 0 Å². The summed E-state index contributed by atoms with van der Waals surface area (Å²) >= 11 is 0. The first-order valence-electron chi connectivity index (χ1n) is 4.68. The molecule has 0 saturated carbocycles. The Labute approximate surface area is 86.7 Å². The second-order valence-corrected chi connectivity index (χ2v) is 3.29. The Hall–Kier alpha value is -1.84. The minimum atomic E-state index is -0.223. The molecule has 0 aliphatic heterocycles. The number of oxazole rings is 1. The first kappa shape index (κ1) is 9.71. The summed E-state index contributed by atoms with van der Waals surface area (Å²) in [5.41, 5.74) is 6.31. The van der Waals surface area contributed by atoms with Crippen LogP contribution in [0.15, 0.2) is 34.9 Å². The quantitative estimate of drug-likeness (QED) is 0.837. The van der Waals surface area contributed by atoms with E-state index in [4.69, 9.17) is 10.2 Å². The van der Waals surface area contributed by atoms with Crippen molar-refractivity contribution < 1.29 is 8.81 Å². The lowest BCUT2D eigenvalue weighted by Crippen LogP contribution is -1.91. The van der Waals surface area contributed by atoms with Gasteiger partial charge in [-0.25, -0.2) is 9.37 Å². The average molecular weight is 206 g/mol. The van der Waals surface area contributed by atoms with E-state index < -0.39 is 0 Å². The monoisotopic (exact) mass is 206 g/mol. The molecule has 2 rings (SSSR count). The molecule has 78 valence electrons. The fourth-order valence-electron chi connectivity index (χ4n) is 1.38. The van der Waals surface area contributed by atoms with Gasteiger partial charge in [-0.15, -0.1) is 0 Å². The van der Waals surface area contributed by atoms with E-state index in [1.807, 2.05) is 6.07 Å².